The molecule has 0 aliphatic carbocycles. The molecule has 116 valence electrons. The van der Waals surface area contributed by atoms with Gasteiger partial charge in [-0.15, -0.1) is 0 Å². The molecule has 0 radical (unpaired) electrons. The fourth-order valence-electron chi connectivity index (χ4n) is 2.28. The average molecular weight is 326 g/mol. The maximum absolute atomic E-state index is 5.59. The van der Waals surface area contributed by atoms with Gasteiger partial charge in [-0.05, 0) is 29.8 Å². The first-order chi connectivity index (χ1) is 11.4. The molecule has 0 saturated heterocycles. The molecule has 1 aliphatic heterocycles. The molecule has 0 bridgehead atoms. The Morgan fingerprint density at radius 1 is 1.13 bits per heavy atom. The number of fused-ring (bicyclic) bond motifs is 1. The van der Waals surface area contributed by atoms with Gasteiger partial charge in [0.2, 0.25) is 5.13 Å². The van der Waals surface area contributed by atoms with E-state index in [1.165, 1.54) is 11.5 Å². The zero-order chi connectivity index (χ0) is 15.5. The van der Waals surface area contributed by atoms with Crippen molar-refractivity contribution in [2.75, 3.05) is 18.5 Å². The summed E-state index contributed by atoms with van der Waals surface area (Å²) in [6.45, 7) is 1.85. The van der Waals surface area contributed by atoms with Crippen LogP contribution in [0.3, 0.4) is 0 Å². The average Bonchev–Trinajstić information content (AvgIpc) is 3.10. The van der Waals surface area contributed by atoms with E-state index < -0.39 is 0 Å². The quantitative estimate of drug-likeness (QED) is 0.795. The lowest BCUT2D eigenvalue weighted by Crippen LogP contribution is -2.15. The Morgan fingerprint density at radius 2 is 2.04 bits per heavy atom. The monoisotopic (exact) mass is 326 g/mol. The van der Waals surface area contributed by atoms with Gasteiger partial charge in [0.15, 0.2) is 17.3 Å². The van der Waals surface area contributed by atoms with E-state index in [0.717, 1.165) is 27.8 Å². The van der Waals surface area contributed by atoms with Crippen LogP contribution in [0, 0.1) is 0 Å². The number of pyridine rings is 1. The minimum absolute atomic E-state index is 0.592. The molecule has 1 N–H and O–H groups in total. The normalized spacial score (nSPS) is 12.9. The molecular weight excluding hydrogens is 312 g/mol. The Bertz CT molecular complexity index is 807. The zero-order valence-corrected chi connectivity index (χ0v) is 13.0. The Labute approximate surface area is 137 Å². The van der Waals surface area contributed by atoms with Crippen molar-refractivity contribution in [1.29, 1.82) is 0 Å². The lowest BCUT2D eigenvalue weighted by molar-refractivity contribution is 0.171. The summed E-state index contributed by atoms with van der Waals surface area (Å²) in [6.07, 6.45) is 3.49. The topological polar surface area (TPSA) is 69.2 Å². The molecule has 0 spiro atoms. The molecule has 3 heterocycles. The van der Waals surface area contributed by atoms with Gasteiger partial charge in [-0.1, -0.05) is 6.07 Å². The van der Waals surface area contributed by atoms with Crippen molar-refractivity contribution in [3.05, 3.63) is 48.3 Å². The fraction of sp³-hybridized carbons (Fsp3) is 0.188. The van der Waals surface area contributed by atoms with Crippen LogP contribution in [0.5, 0.6) is 11.5 Å². The molecule has 2 aromatic heterocycles. The zero-order valence-electron chi connectivity index (χ0n) is 12.2. The highest BCUT2D eigenvalue weighted by atomic mass is 32.1. The summed E-state index contributed by atoms with van der Waals surface area (Å²) >= 11 is 1.34. The van der Waals surface area contributed by atoms with E-state index >= 15 is 0 Å². The first kappa shape index (κ1) is 14.0. The lowest BCUT2D eigenvalue weighted by atomic mass is 10.2. The third-order valence-corrected chi connectivity index (χ3v) is 4.07. The summed E-state index contributed by atoms with van der Waals surface area (Å²) in [4.78, 5) is 8.57. The number of anilines is 1. The maximum Gasteiger partial charge on any atom is 0.203 e. The summed E-state index contributed by atoms with van der Waals surface area (Å²) in [5, 5.41) is 4.06. The smallest absolute Gasteiger partial charge is 0.203 e. The van der Waals surface area contributed by atoms with Crippen LogP contribution in [0.15, 0.2) is 42.7 Å². The van der Waals surface area contributed by atoms with Crippen molar-refractivity contribution in [2.24, 2.45) is 0 Å². The predicted molar refractivity (Wildman–Crippen MR) is 87.9 cm³/mol. The minimum atomic E-state index is 0.592. The molecule has 0 unspecified atom stereocenters. The van der Waals surface area contributed by atoms with Crippen molar-refractivity contribution in [1.82, 2.24) is 14.3 Å². The van der Waals surface area contributed by atoms with Gasteiger partial charge in [0.1, 0.15) is 13.2 Å². The van der Waals surface area contributed by atoms with Gasteiger partial charge in [0, 0.05) is 36.0 Å². The first-order valence-electron chi connectivity index (χ1n) is 7.25. The van der Waals surface area contributed by atoms with Gasteiger partial charge in [0.05, 0.1) is 0 Å². The van der Waals surface area contributed by atoms with Gasteiger partial charge in [-0.2, -0.15) is 9.36 Å². The molecule has 0 atom stereocenters. The summed E-state index contributed by atoms with van der Waals surface area (Å²) in [6, 6.07) is 9.76. The summed E-state index contributed by atoms with van der Waals surface area (Å²) < 4.78 is 15.5. The molecule has 6 nitrogen and oxygen atoms in total. The second kappa shape index (κ2) is 6.21. The lowest BCUT2D eigenvalue weighted by Gasteiger charge is -2.18. The number of nitrogens with zero attached hydrogens (tertiary/aromatic N) is 3. The number of benzene rings is 1. The molecule has 0 saturated carbocycles. The van der Waals surface area contributed by atoms with E-state index in [1.807, 2.05) is 30.3 Å². The van der Waals surface area contributed by atoms with Crippen molar-refractivity contribution < 1.29 is 9.47 Å². The first-order valence-corrected chi connectivity index (χ1v) is 8.02. The second-order valence-electron chi connectivity index (χ2n) is 5.00. The highest BCUT2D eigenvalue weighted by Crippen LogP contribution is 2.31. The Kier molecular flexibility index (Phi) is 3.77. The van der Waals surface area contributed by atoms with Gasteiger partial charge < -0.3 is 14.8 Å². The SMILES string of the molecule is c1cncc(-c2nsc(NCc3ccc4c(c3)OCCO4)n2)c1. The van der Waals surface area contributed by atoms with Crippen LogP contribution >= 0.6 is 11.5 Å². The maximum atomic E-state index is 5.59. The number of nitrogens with one attached hydrogen (secondary N) is 1. The molecule has 3 aromatic rings. The Hall–Kier alpha value is -2.67. The summed E-state index contributed by atoms with van der Waals surface area (Å²) in [5.41, 5.74) is 2.02. The molecule has 4 rings (SSSR count). The molecule has 0 amide bonds. The number of rotatable bonds is 4. The van der Waals surface area contributed by atoms with Crippen LogP contribution in [-0.2, 0) is 6.54 Å². The number of hydrogen-bond acceptors (Lipinski definition) is 7. The third-order valence-electron chi connectivity index (χ3n) is 3.40. The van der Waals surface area contributed by atoms with Crippen molar-refractivity contribution in [3.63, 3.8) is 0 Å². The number of ether oxygens (including phenoxy) is 2. The molecule has 0 fully saturated rings. The summed E-state index contributed by atoms with van der Waals surface area (Å²) in [5.74, 6) is 2.28. The van der Waals surface area contributed by atoms with E-state index in [0.29, 0.717) is 25.6 Å². The van der Waals surface area contributed by atoms with Gasteiger partial charge in [-0.25, -0.2) is 0 Å². The van der Waals surface area contributed by atoms with E-state index in [2.05, 4.69) is 19.7 Å². The van der Waals surface area contributed by atoms with Gasteiger partial charge in [0.25, 0.3) is 0 Å². The molecule has 1 aliphatic rings. The predicted octanol–water partition coefficient (Wildman–Crippen LogP) is 2.98. The van der Waals surface area contributed by atoms with Crippen molar-refractivity contribution in [3.8, 4) is 22.9 Å². The Morgan fingerprint density at radius 3 is 2.91 bits per heavy atom. The van der Waals surface area contributed by atoms with E-state index in [4.69, 9.17) is 9.47 Å². The largest absolute Gasteiger partial charge is 0.486 e. The van der Waals surface area contributed by atoms with E-state index in [1.54, 1.807) is 12.4 Å². The van der Waals surface area contributed by atoms with E-state index in [9.17, 15) is 0 Å². The van der Waals surface area contributed by atoms with Crippen molar-refractivity contribution in [2.45, 2.75) is 6.54 Å². The number of hydrogen-bond donors (Lipinski definition) is 1. The molecular formula is C16H14N4O2S. The molecule has 1 aromatic carbocycles. The van der Waals surface area contributed by atoms with Crippen molar-refractivity contribution >= 4 is 16.7 Å². The second-order valence-corrected chi connectivity index (χ2v) is 5.75. The van der Waals surface area contributed by atoms with Crippen LogP contribution < -0.4 is 14.8 Å². The van der Waals surface area contributed by atoms with Crippen LogP contribution in [0.25, 0.3) is 11.4 Å². The highest BCUT2D eigenvalue weighted by molar-refractivity contribution is 7.09. The van der Waals surface area contributed by atoms with Crippen LogP contribution in [-0.4, -0.2) is 27.6 Å². The standard InChI is InChI=1S/C16H14N4O2S/c1-2-12(10-17-5-1)15-19-16(23-20-15)18-9-11-3-4-13-14(8-11)22-7-6-21-13/h1-5,8,10H,6-7,9H2,(H,18,19,20). The van der Waals surface area contributed by atoms with Crippen LogP contribution in [0.1, 0.15) is 5.56 Å². The highest BCUT2D eigenvalue weighted by Gasteiger charge is 2.12. The van der Waals surface area contributed by atoms with E-state index in [-0.39, 0.29) is 0 Å². The summed E-state index contributed by atoms with van der Waals surface area (Å²) in [7, 11) is 0. The van der Waals surface area contributed by atoms with Crippen LogP contribution in [0.2, 0.25) is 0 Å². The minimum Gasteiger partial charge on any atom is -0.486 e. The Balaban J connectivity index is 1.44. The fourth-order valence-corrected chi connectivity index (χ4v) is 2.87. The van der Waals surface area contributed by atoms with Crippen LogP contribution in [0.4, 0.5) is 5.13 Å². The van der Waals surface area contributed by atoms with Gasteiger partial charge >= 0.3 is 0 Å². The third kappa shape index (κ3) is 3.09. The number of aromatic nitrogens is 3. The molecule has 23 heavy (non-hydrogen) atoms. The van der Waals surface area contributed by atoms with Gasteiger partial charge in [-0.3, -0.25) is 4.98 Å². The molecule has 7 heteroatoms.